The van der Waals surface area contributed by atoms with Gasteiger partial charge in [0.05, 0.1) is 19.8 Å². The van der Waals surface area contributed by atoms with Crippen molar-refractivity contribution in [1.82, 2.24) is 14.9 Å². The number of benzene rings is 1. The van der Waals surface area contributed by atoms with Gasteiger partial charge >= 0.3 is 0 Å². The summed E-state index contributed by atoms with van der Waals surface area (Å²) in [5.41, 5.74) is -1.94. The number of aliphatic hydroxyl groups is 1. The van der Waals surface area contributed by atoms with E-state index in [0.29, 0.717) is 6.07 Å². The Kier molecular flexibility index (Phi) is 7.05. The van der Waals surface area contributed by atoms with Crippen LogP contribution in [0.1, 0.15) is 26.4 Å². The highest BCUT2D eigenvalue weighted by molar-refractivity contribution is 5.99. The maximum absolute atomic E-state index is 13.8. The van der Waals surface area contributed by atoms with Crippen molar-refractivity contribution in [2.24, 2.45) is 0 Å². The average Bonchev–Trinajstić information content (AvgIpc) is 2.76. The molecule has 0 fully saturated rings. The average molecular weight is 452 g/mol. The fraction of sp³-hybridized carbons (Fsp3) is 0.350. The lowest BCUT2D eigenvalue weighted by molar-refractivity contribution is 0.0616. The van der Waals surface area contributed by atoms with Crippen LogP contribution in [0.2, 0.25) is 0 Å². The Balaban J connectivity index is 1.93. The second kappa shape index (κ2) is 9.75. The largest absolute Gasteiger partial charge is 0.502 e. The number of carbonyl (C=O) groups is 2. The fourth-order valence-electron chi connectivity index (χ4n) is 3.26. The smallest absolute Gasteiger partial charge is 0.277 e. The number of ether oxygens (including phenoxy) is 1. The summed E-state index contributed by atoms with van der Waals surface area (Å²) >= 11 is 0. The first kappa shape index (κ1) is 23.2. The SMILES string of the molecule is COCCN1CN(CCO)n2cc(C(=O)NCc3ccc(F)cc3F)c(=O)c(O)c2C1=O. The first-order valence-corrected chi connectivity index (χ1v) is 9.63. The van der Waals surface area contributed by atoms with E-state index in [2.05, 4.69) is 5.32 Å². The molecule has 2 amide bonds. The van der Waals surface area contributed by atoms with E-state index in [1.165, 1.54) is 17.0 Å². The summed E-state index contributed by atoms with van der Waals surface area (Å²) in [6.07, 6.45) is 1.08. The Hall–Kier alpha value is -3.51. The van der Waals surface area contributed by atoms with Gasteiger partial charge in [0.2, 0.25) is 5.43 Å². The number of nitrogens with zero attached hydrogens (tertiary/aromatic N) is 3. The third kappa shape index (κ3) is 4.55. The molecular formula is C20H22F2N4O6. The van der Waals surface area contributed by atoms with Crippen molar-refractivity contribution < 1.29 is 33.3 Å². The lowest BCUT2D eigenvalue weighted by atomic mass is 10.1. The molecule has 32 heavy (non-hydrogen) atoms. The summed E-state index contributed by atoms with van der Waals surface area (Å²) in [6, 6.07) is 2.84. The molecule has 1 aliphatic rings. The molecule has 0 atom stereocenters. The summed E-state index contributed by atoms with van der Waals surface area (Å²) in [5.74, 6) is -4.15. The molecule has 0 bridgehead atoms. The summed E-state index contributed by atoms with van der Waals surface area (Å²) in [6.45, 7) is -0.199. The molecule has 2 aromatic rings. The molecule has 10 nitrogen and oxygen atoms in total. The van der Waals surface area contributed by atoms with E-state index in [1.54, 1.807) is 0 Å². The van der Waals surface area contributed by atoms with Gasteiger partial charge in [0, 0.05) is 38.0 Å². The molecule has 2 heterocycles. The minimum absolute atomic E-state index is 0.00657. The number of hydrogen-bond acceptors (Lipinski definition) is 7. The predicted molar refractivity (Wildman–Crippen MR) is 108 cm³/mol. The standard InChI is InChI=1S/C20H22F2N4O6/c1-32-7-5-24-11-25(4-6-27)26-10-14(17(28)18(29)16(26)20(24)31)19(30)23-9-12-2-3-13(21)8-15(12)22/h2-3,8,10,27,29H,4-7,9,11H2,1H3,(H,23,30). The quantitative estimate of drug-likeness (QED) is 0.505. The lowest BCUT2D eigenvalue weighted by Crippen LogP contribution is -2.56. The van der Waals surface area contributed by atoms with Crippen LogP contribution < -0.4 is 15.8 Å². The van der Waals surface area contributed by atoms with Crippen LogP contribution >= 0.6 is 0 Å². The Morgan fingerprint density at radius 3 is 2.66 bits per heavy atom. The minimum Gasteiger partial charge on any atom is -0.502 e. The molecule has 1 aliphatic heterocycles. The highest BCUT2D eigenvalue weighted by atomic mass is 19.1. The molecule has 3 rings (SSSR count). The van der Waals surface area contributed by atoms with Crippen LogP contribution in [-0.2, 0) is 11.3 Å². The first-order chi connectivity index (χ1) is 15.3. The van der Waals surface area contributed by atoms with Gasteiger partial charge in [-0.05, 0) is 6.07 Å². The van der Waals surface area contributed by atoms with Crippen molar-refractivity contribution in [2.75, 3.05) is 45.1 Å². The molecule has 0 saturated carbocycles. The van der Waals surface area contributed by atoms with Crippen LogP contribution in [0.4, 0.5) is 8.78 Å². The van der Waals surface area contributed by atoms with Crippen molar-refractivity contribution >= 4 is 11.8 Å². The van der Waals surface area contributed by atoms with Crippen LogP contribution in [-0.4, -0.2) is 71.7 Å². The predicted octanol–water partition coefficient (Wildman–Crippen LogP) is -0.248. The number of hydrogen-bond donors (Lipinski definition) is 3. The van der Waals surface area contributed by atoms with E-state index >= 15 is 0 Å². The number of β-amino-alcohol motifs (C(OH)–C–C–N with tert-alkyl or cyclic N) is 1. The van der Waals surface area contributed by atoms with Gasteiger partial charge in [0.25, 0.3) is 11.8 Å². The van der Waals surface area contributed by atoms with E-state index in [9.17, 15) is 33.4 Å². The van der Waals surface area contributed by atoms with Crippen LogP contribution in [0.15, 0.2) is 29.2 Å². The minimum atomic E-state index is -1.08. The van der Waals surface area contributed by atoms with Gasteiger partial charge in [-0.2, -0.15) is 0 Å². The van der Waals surface area contributed by atoms with Crippen molar-refractivity contribution in [2.45, 2.75) is 6.54 Å². The third-order valence-corrected chi connectivity index (χ3v) is 4.92. The number of fused-ring (bicyclic) bond motifs is 1. The van der Waals surface area contributed by atoms with Crippen LogP contribution in [0.25, 0.3) is 0 Å². The normalized spacial score (nSPS) is 13.3. The molecule has 0 aliphatic carbocycles. The number of nitrogens with one attached hydrogen (secondary N) is 1. The number of aromatic hydroxyl groups is 1. The second-order valence-corrected chi connectivity index (χ2v) is 6.99. The lowest BCUT2D eigenvalue weighted by Gasteiger charge is -2.39. The van der Waals surface area contributed by atoms with Gasteiger partial charge in [0.15, 0.2) is 11.4 Å². The summed E-state index contributed by atoms with van der Waals surface area (Å²) in [4.78, 5) is 39.3. The molecule has 1 aromatic heterocycles. The molecule has 0 unspecified atom stereocenters. The van der Waals surface area contributed by atoms with E-state index < -0.39 is 40.2 Å². The highest BCUT2D eigenvalue weighted by Gasteiger charge is 2.34. The van der Waals surface area contributed by atoms with E-state index in [-0.39, 0.29) is 50.8 Å². The maximum atomic E-state index is 13.8. The maximum Gasteiger partial charge on any atom is 0.277 e. The van der Waals surface area contributed by atoms with Gasteiger partial charge < -0.3 is 25.2 Å². The third-order valence-electron chi connectivity index (χ3n) is 4.92. The molecule has 0 spiro atoms. The van der Waals surface area contributed by atoms with E-state index in [0.717, 1.165) is 23.0 Å². The zero-order valence-corrected chi connectivity index (χ0v) is 17.2. The number of aromatic nitrogens is 1. The zero-order chi connectivity index (χ0) is 23.4. The Morgan fingerprint density at radius 1 is 1.25 bits per heavy atom. The molecule has 3 N–H and O–H groups in total. The van der Waals surface area contributed by atoms with Crippen molar-refractivity contribution in [3.8, 4) is 5.75 Å². The van der Waals surface area contributed by atoms with Crippen molar-refractivity contribution in [3.63, 3.8) is 0 Å². The summed E-state index contributed by atoms with van der Waals surface area (Å²) < 4.78 is 32.9. The monoisotopic (exact) mass is 452 g/mol. The molecule has 0 saturated heterocycles. The number of amides is 2. The topological polar surface area (TPSA) is 124 Å². The van der Waals surface area contributed by atoms with Crippen molar-refractivity contribution in [1.29, 1.82) is 0 Å². The van der Waals surface area contributed by atoms with Gasteiger partial charge in [-0.25, -0.2) is 8.78 Å². The molecule has 172 valence electrons. The first-order valence-electron chi connectivity index (χ1n) is 9.63. The molecule has 1 aromatic carbocycles. The number of methoxy groups -OCH3 is 1. The van der Waals surface area contributed by atoms with E-state index in [4.69, 9.17) is 4.74 Å². The fourth-order valence-corrected chi connectivity index (χ4v) is 3.26. The number of carbonyl (C=O) groups excluding carboxylic acids is 2. The number of pyridine rings is 1. The summed E-state index contributed by atoms with van der Waals surface area (Å²) in [5, 5.41) is 23.6. The Morgan fingerprint density at radius 2 is 2.00 bits per heavy atom. The second-order valence-electron chi connectivity index (χ2n) is 6.99. The molecule has 0 radical (unpaired) electrons. The number of halogens is 2. The highest BCUT2D eigenvalue weighted by Crippen LogP contribution is 2.21. The van der Waals surface area contributed by atoms with Crippen LogP contribution in [0, 0.1) is 11.6 Å². The number of rotatable bonds is 8. The molecular weight excluding hydrogens is 430 g/mol. The van der Waals surface area contributed by atoms with Gasteiger partial charge in [0.1, 0.15) is 23.9 Å². The zero-order valence-electron chi connectivity index (χ0n) is 17.2. The van der Waals surface area contributed by atoms with Gasteiger partial charge in [-0.1, -0.05) is 6.07 Å². The Labute approximate surface area is 181 Å². The molecule has 12 heteroatoms. The summed E-state index contributed by atoms with van der Waals surface area (Å²) in [7, 11) is 1.46. The van der Waals surface area contributed by atoms with Crippen LogP contribution in [0.5, 0.6) is 5.75 Å². The van der Waals surface area contributed by atoms with Gasteiger partial charge in [-0.15, -0.1) is 0 Å². The van der Waals surface area contributed by atoms with E-state index in [1.807, 2.05) is 0 Å². The number of aliphatic hydroxyl groups excluding tert-OH is 1. The van der Waals surface area contributed by atoms with Gasteiger partial charge in [-0.3, -0.25) is 24.1 Å². The van der Waals surface area contributed by atoms with Crippen LogP contribution in [0.3, 0.4) is 0 Å². The Bertz CT molecular complexity index is 1090. The van der Waals surface area contributed by atoms with Crippen molar-refractivity contribution in [3.05, 3.63) is 63.1 Å².